The maximum atomic E-state index is 12.0. The van der Waals surface area contributed by atoms with Crippen LogP contribution in [0.5, 0.6) is 0 Å². The summed E-state index contributed by atoms with van der Waals surface area (Å²) in [5.41, 5.74) is 0. The molecule has 0 bridgehead atoms. The molecule has 3 amide bonds. The van der Waals surface area contributed by atoms with E-state index in [0.717, 1.165) is 25.9 Å². The zero-order valence-corrected chi connectivity index (χ0v) is 13.4. The Kier molecular flexibility index (Phi) is 6.03. The van der Waals surface area contributed by atoms with Crippen LogP contribution in [-0.4, -0.2) is 42.5 Å². The average molecular weight is 295 g/mol. The first-order valence-corrected chi connectivity index (χ1v) is 8.35. The third kappa shape index (κ3) is 5.65. The predicted octanol–water partition coefficient (Wildman–Crippen LogP) is 2.12. The number of imide groups is 1. The summed E-state index contributed by atoms with van der Waals surface area (Å²) in [6, 6.07) is -0.0911. The lowest BCUT2D eigenvalue weighted by atomic mass is 9.92. The first kappa shape index (κ1) is 16.3. The van der Waals surface area contributed by atoms with Gasteiger partial charge in [-0.25, -0.2) is 4.79 Å². The van der Waals surface area contributed by atoms with Gasteiger partial charge < -0.3 is 5.32 Å². The minimum atomic E-state index is -0.329. The van der Waals surface area contributed by atoms with Gasteiger partial charge in [0.15, 0.2) is 0 Å². The van der Waals surface area contributed by atoms with Crippen molar-refractivity contribution in [1.82, 2.24) is 15.5 Å². The van der Waals surface area contributed by atoms with Crippen LogP contribution >= 0.6 is 0 Å². The molecule has 21 heavy (non-hydrogen) atoms. The minimum absolute atomic E-state index is 0.190. The van der Waals surface area contributed by atoms with Crippen LogP contribution in [0, 0.1) is 11.8 Å². The van der Waals surface area contributed by atoms with E-state index in [1.807, 2.05) is 0 Å². The smallest absolute Gasteiger partial charge is 0.321 e. The molecule has 1 heterocycles. The van der Waals surface area contributed by atoms with E-state index in [2.05, 4.69) is 29.4 Å². The quantitative estimate of drug-likeness (QED) is 0.838. The number of urea groups is 1. The number of likely N-dealkylation sites (tertiary alicyclic amines) is 1. The van der Waals surface area contributed by atoms with Crippen LogP contribution in [0.2, 0.25) is 0 Å². The molecule has 0 radical (unpaired) electrons. The molecule has 2 N–H and O–H groups in total. The maximum absolute atomic E-state index is 12.0. The van der Waals surface area contributed by atoms with Gasteiger partial charge in [0.05, 0.1) is 6.54 Å². The number of nitrogens with one attached hydrogen (secondary N) is 2. The van der Waals surface area contributed by atoms with Crippen molar-refractivity contribution < 1.29 is 9.59 Å². The van der Waals surface area contributed by atoms with E-state index in [0.29, 0.717) is 18.4 Å². The van der Waals surface area contributed by atoms with Crippen LogP contribution in [0.25, 0.3) is 0 Å². The summed E-state index contributed by atoms with van der Waals surface area (Å²) in [4.78, 5) is 25.9. The van der Waals surface area contributed by atoms with Crippen molar-refractivity contribution in [2.75, 3.05) is 19.6 Å². The van der Waals surface area contributed by atoms with Gasteiger partial charge in [-0.3, -0.25) is 15.0 Å². The molecule has 2 rings (SSSR count). The zero-order chi connectivity index (χ0) is 15.2. The Balaban J connectivity index is 1.69. The maximum Gasteiger partial charge on any atom is 0.321 e. The van der Waals surface area contributed by atoms with Gasteiger partial charge in [-0.15, -0.1) is 0 Å². The molecule has 1 saturated heterocycles. The highest BCUT2D eigenvalue weighted by Crippen LogP contribution is 2.20. The molecular weight excluding hydrogens is 266 g/mol. The highest BCUT2D eigenvalue weighted by molar-refractivity contribution is 5.95. The van der Waals surface area contributed by atoms with Crippen molar-refractivity contribution in [2.24, 2.45) is 11.8 Å². The number of amides is 3. The van der Waals surface area contributed by atoms with Crippen molar-refractivity contribution in [3.63, 3.8) is 0 Å². The van der Waals surface area contributed by atoms with Gasteiger partial charge in [0, 0.05) is 19.1 Å². The fourth-order valence-electron chi connectivity index (χ4n) is 3.76. The summed E-state index contributed by atoms with van der Waals surface area (Å²) in [6.07, 6.45) is 6.88. The molecule has 1 aliphatic heterocycles. The fraction of sp³-hybridized carbons (Fsp3) is 0.875. The molecule has 2 aliphatic rings. The lowest BCUT2D eigenvalue weighted by molar-refractivity contribution is -0.121. The third-order valence-corrected chi connectivity index (χ3v) is 4.51. The van der Waals surface area contributed by atoms with Crippen molar-refractivity contribution in [3.05, 3.63) is 0 Å². The van der Waals surface area contributed by atoms with Gasteiger partial charge in [-0.1, -0.05) is 33.1 Å². The molecule has 0 spiro atoms. The Morgan fingerprint density at radius 1 is 1.05 bits per heavy atom. The summed E-state index contributed by atoms with van der Waals surface area (Å²) >= 11 is 0. The fourth-order valence-corrected chi connectivity index (χ4v) is 3.76. The zero-order valence-electron chi connectivity index (χ0n) is 13.4. The van der Waals surface area contributed by atoms with E-state index in [1.165, 1.54) is 25.7 Å². The third-order valence-electron chi connectivity index (χ3n) is 4.51. The van der Waals surface area contributed by atoms with Gasteiger partial charge in [0.25, 0.3) is 0 Å². The topological polar surface area (TPSA) is 61.4 Å². The van der Waals surface area contributed by atoms with Crippen LogP contribution in [0.1, 0.15) is 52.4 Å². The largest absolute Gasteiger partial charge is 0.335 e. The molecule has 0 aromatic carbocycles. The molecule has 0 aromatic heterocycles. The van der Waals surface area contributed by atoms with Crippen molar-refractivity contribution in [3.8, 4) is 0 Å². The van der Waals surface area contributed by atoms with Crippen LogP contribution in [0.3, 0.4) is 0 Å². The number of hydrogen-bond acceptors (Lipinski definition) is 3. The van der Waals surface area contributed by atoms with Crippen LogP contribution in [0.4, 0.5) is 4.79 Å². The molecule has 2 unspecified atom stereocenters. The second-order valence-corrected chi connectivity index (χ2v) is 7.00. The Bertz CT molecular complexity index is 357. The number of piperidine rings is 1. The van der Waals surface area contributed by atoms with Gasteiger partial charge >= 0.3 is 6.03 Å². The van der Waals surface area contributed by atoms with E-state index in [1.54, 1.807) is 0 Å². The molecular formula is C16H29N3O2. The molecule has 1 aliphatic carbocycles. The van der Waals surface area contributed by atoms with E-state index >= 15 is 0 Å². The Hall–Kier alpha value is -1.10. The Labute approximate surface area is 127 Å². The molecule has 5 heteroatoms. The standard InChI is InChI=1S/C16H29N3O2/c1-12-8-13(2)10-19(9-12)11-15(20)18-16(21)17-14-6-4-3-5-7-14/h12-14H,3-11H2,1-2H3,(H2,17,18,20,21). The van der Waals surface area contributed by atoms with E-state index in [-0.39, 0.29) is 18.0 Å². The molecule has 1 saturated carbocycles. The van der Waals surface area contributed by atoms with Gasteiger partial charge in [0.2, 0.25) is 5.91 Å². The van der Waals surface area contributed by atoms with E-state index in [9.17, 15) is 9.59 Å². The minimum Gasteiger partial charge on any atom is -0.335 e. The highest BCUT2D eigenvalue weighted by Gasteiger charge is 2.24. The van der Waals surface area contributed by atoms with Crippen LogP contribution in [-0.2, 0) is 4.79 Å². The van der Waals surface area contributed by atoms with Gasteiger partial charge in [-0.05, 0) is 31.1 Å². The number of rotatable bonds is 3. The predicted molar refractivity (Wildman–Crippen MR) is 82.9 cm³/mol. The second kappa shape index (κ2) is 7.78. The van der Waals surface area contributed by atoms with Gasteiger partial charge in [-0.2, -0.15) is 0 Å². The highest BCUT2D eigenvalue weighted by atomic mass is 16.2. The molecule has 5 nitrogen and oxygen atoms in total. The van der Waals surface area contributed by atoms with E-state index in [4.69, 9.17) is 0 Å². The SMILES string of the molecule is CC1CC(C)CN(CC(=O)NC(=O)NC2CCCCC2)C1. The Morgan fingerprint density at radius 2 is 1.67 bits per heavy atom. The summed E-state index contributed by atoms with van der Waals surface area (Å²) in [6.45, 7) is 6.66. The first-order chi connectivity index (χ1) is 10.0. The van der Waals surface area contributed by atoms with Gasteiger partial charge in [0.1, 0.15) is 0 Å². The summed E-state index contributed by atoms with van der Waals surface area (Å²) < 4.78 is 0. The van der Waals surface area contributed by atoms with Crippen LogP contribution in [0.15, 0.2) is 0 Å². The number of hydrogen-bond donors (Lipinski definition) is 2. The summed E-state index contributed by atoms with van der Waals surface area (Å²) in [7, 11) is 0. The monoisotopic (exact) mass is 295 g/mol. The van der Waals surface area contributed by atoms with Crippen molar-refractivity contribution >= 4 is 11.9 Å². The average Bonchev–Trinajstić information content (AvgIpc) is 2.37. The molecule has 0 aromatic rings. The second-order valence-electron chi connectivity index (χ2n) is 7.00. The molecule has 120 valence electrons. The summed E-state index contributed by atoms with van der Waals surface area (Å²) in [5, 5.41) is 5.39. The number of carbonyl (C=O) groups is 2. The first-order valence-electron chi connectivity index (χ1n) is 8.35. The lowest BCUT2D eigenvalue weighted by Crippen LogP contribution is -2.49. The van der Waals surface area contributed by atoms with Crippen molar-refractivity contribution in [1.29, 1.82) is 0 Å². The number of nitrogens with zero attached hydrogens (tertiary/aromatic N) is 1. The molecule has 2 fully saturated rings. The Morgan fingerprint density at radius 3 is 2.29 bits per heavy atom. The summed E-state index contributed by atoms with van der Waals surface area (Å²) in [5.74, 6) is 1.06. The van der Waals surface area contributed by atoms with Crippen molar-refractivity contribution in [2.45, 2.75) is 58.4 Å². The lowest BCUT2D eigenvalue weighted by Gasteiger charge is -2.34. The van der Waals surface area contributed by atoms with E-state index < -0.39 is 0 Å². The number of carbonyl (C=O) groups excluding carboxylic acids is 2. The van der Waals surface area contributed by atoms with Crippen LogP contribution < -0.4 is 10.6 Å². The molecule has 2 atom stereocenters. The normalized spacial score (nSPS) is 28.1.